The summed E-state index contributed by atoms with van der Waals surface area (Å²) in [5, 5.41) is 14.1. The van der Waals surface area contributed by atoms with E-state index in [-0.39, 0.29) is 11.1 Å². The molecule has 0 unspecified atom stereocenters. The molecule has 1 rings (SSSR count). The number of carboxylic acids is 1. The van der Waals surface area contributed by atoms with Crippen molar-refractivity contribution in [2.75, 3.05) is 0 Å². The summed E-state index contributed by atoms with van der Waals surface area (Å²) >= 11 is 0. The molecular formula is C9H8N2O5. The van der Waals surface area contributed by atoms with Gasteiger partial charge in [0.15, 0.2) is 0 Å². The summed E-state index contributed by atoms with van der Waals surface area (Å²) in [6.07, 6.45) is 0.750. The lowest BCUT2D eigenvalue weighted by molar-refractivity contribution is 0.0493. The van der Waals surface area contributed by atoms with Crippen molar-refractivity contribution < 1.29 is 24.3 Å². The number of isocyanates is 1. The number of benzene rings is 1. The fourth-order valence-corrected chi connectivity index (χ4v) is 0.911. The summed E-state index contributed by atoms with van der Waals surface area (Å²) in [6, 6.07) is 5.67. The van der Waals surface area contributed by atoms with E-state index in [0.29, 0.717) is 0 Å². The summed E-state index contributed by atoms with van der Waals surface area (Å²) in [4.78, 5) is 33.8. The highest BCUT2D eigenvalue weighted by Gasteiger charge is 2.15. The van der Waals surface area contributed by atoms with E-state index < -0.39 is 11.9 Å². The van der Waals surface area contributed by atoms with Crippen molar-refractivity contribution in [2.45, 2.75) is 0 Å². The third-order valence-electron chi connectivity index (χ3n) is 1.48. The van der Waals surface area contributed by atoms with Gasteiger partial charge < -0.3 is 9.94 Å². The van der Waals surface area contributed by atoms with Gasteiger partial charge in [0.2, 0.25) is 6.08 Å². The van der Waals surface area contributed by atoms with Crippen LogP contribution in [0.1, 0.15) is 20.7 Å². The van der Waals surface area contributed by atoms with E-state index in [1.807, 2.05) is 0 Å². The molecule has 0 bridgehead atoms. The molecule has 0 aliphatic heterocycles. The van der Waals surface area contributed by atoms with Gasteiger partial charge in [-0.05, 0) is 12.1 Å². The van der Waals surface area contributed by atoms with Gasteiger partial charge in [-0.1, -0.05) is 12.1 Å². The molecule has 1 aromatic rings. The first kappa shape index (κ1) is 13.5. The van der Waals surface area contributed by atoms with Crippen LogP contribution in [0.15, 0.2) is 24.3 Å². The second-order valence-electron chi connectivity index (χ2n) is 2.36. The molecule has 0 radical (unpaired) electrons. The molecule has 0 saturated heterocycles. The van der Waals surface area contributed by atoms with Crippen LogP contribution in [0.4, 0.5) is 0 Å². The van der Waals surface area contributed by atoms with Gasteiger partial charge in [-0.3, -0.25) is 0 Å². The molecule has 0 atom stereocenters. The maximum atomic E-state index is 10.9. The van der Waals surface area contributed by atoms with Crippen molar-refractivity contribution in [3.05, 3.63) is 35.4 Å². The van der Waals surface area contributed by atoms with E-state index in [2.05, 4.69) is 10.7 Å². The molecule has 7 heteroatoms. The topological polar surface area (TPSA) is 131 Å². The number of carbonyl (C=O) groups excluding carboxylic acids is 2. The van der Waals surface area contributed by atoms with Crippen LogP contribution in [-0.4, -0.2) is 23.1 Å². The van der Waals surface area contributed by atoms with E-state index in [9.17, 15) is 9.59 Å². The van der Waals surface area contributed by atoms with E-state index >= 15 is 0 Å². The highest BCUT2D eigenvalue weighted by atomic mass is 16.7. The Morgan fingerprint density at radius 2 is 1.75 bits per heavy atom. The minimum absolute atomic E-state index is 0.0579. The Kier molecular flexibility index (Phi) is 5.81. The van der Waals surface area contributed by atoms with Gasteiger partial charge in [-0.15, -0.1) is 0 Å². The van der Waals surface area contributed by atoms with Crippen LogP contribution < -0.4 is 5.90 Å². The lowest BCUT2D eigenvalue weighted by Crippen LogP contribution is -2.14. The zero-order valence-corrected chi connectivity index (χ0v) is 7.97. The molecule has 0 aliphatic carbocycles. The molecule has 1 aromatic carbocycles. The van der Waals surface area contributed by atoms with E-state index in [4.69, 9.17) is 15.3 Å². The SMILES string of the molecule is N=C=O.NOC(=O)c1ccccc1C(=O)O. The summed E-state index contributed by atoms with van der Waals surface area (Å²) in [6.45, 7) is 0. The number of nitrogens with two attached hydrogens (primary N) is 1. The normalized spacial score (nSPS) is 8.06. The Morgan fingerprint density at radius 3 is 2.12 bits per heavy atom. The van der Waals surface area contributed by atoms with E-state index in [1.54, 1.807) is 0 Å². The van der Waals surface area contributed by atoms with Gasteiger partial charge in [0, 0.05) is 0 Å². The Balaban J connectivity index is 0.000000673. The summed E-state index contributed by atoms with van der Waals surface area (Å²) in [5.74, 6) is 2.57. The maximum Gasteiger partial charge on any atom is 0.357 e. The Morgan fingerprint density at radius 1 is 1.31 bits per heavy atom. The van der Waals surface area contributed by atoms with Gasteiger partial charge >= 0.3 is 11.9 Å². The van der Waals surface area contributed by atoms with Crippen LogP contribution in [-0.2, 0) is 9.63 Å². The molecule has 84 valence electrons. The molecule has 0 spiro atoms. The Bertz CT molecular complexity index is 424. The lowest BCUT2D eigenvalue weighted by Gasteiger charge is -2.01. The minimum Gasteiger partial charge on any atom is -0.478 e. The number of hydrogen-bond acceptors (Lipinski definition) is 6. The van der Waals surface area contributed by atoms with Crippen LogP contribution in [0.2, 0.25) is 0 Å². The zero-order chi connectivity index (χ0) is 12.6. The Hall–Kier alpha value is -2.50. The fourth-order valence-electron chi connectivity index (χ4n) is 0.911. The molecule has 0 amide bonds. The molecule has 0 aliphatic rings. The number of aromatic carboxylic acids is 1. The van der Waals surface area contributed by atoms with Crippen LogP contribution in [0.5, 0.6) is 0 Å². The largest absolute Gasteiger partial charge is 0.478 e. The summed E-state index contributed by atoms with van der Waals surface area (Å²) in [5.41, 5.74) is -0.185. The highest BCUT2D eigenvalue weighted by molar-refractivity contribution is 6.02. The quantitative estimate of drug-likeness (QED) is 0.376. The predicted molar refractivity (Wildman–Crippen MR) is 51.4 cm³/mol. The number of carboxylic acid groups (broad SMARTS) is 1. The summed E-state index contributed by atoms with van der Waals surface area (Å²) < 4.78 is 0. The van der Waals surface area contributed by atoms with Crippen molar-refractivity contribution in [1.29, 1.82) is 5.41 Å². The molecular weight excluding hydrogens is 216 g/mol. The molecule has 0 heterocycles. The average Bonchev–Trinajstić information content (AvgIpc) is 2.29. The Labute approximate surface area is 89.9 Å². The lowest BCUT2D eigenvalue weighted by atomic mass is 10.1. The smallest absolute Gasteiger partial charge is 0.357 e. The minimum atomic E-state index is -1.19. The van der Waals surface area contributed by atoms with Crippen molar-refractivity contribution in [1.82, 2.24) is 0 Å². The third kappa shape index (κ3) is 3.70. The van der Waals surface area contributed by atoms with Crippen LogP contribution >= 0.6 is 0 Å². The molecule has 0 aromatic heterocycles. The third-order valence-corrected chi connectivity index (χ3v) is 1.48. The average molecular weight is 224 g/mol. The standard InChI is InChI=1S/C8H7NO4.CHNO/c9-13-8(12)6-4-2-1-3-5(6)7(10)11;2-1-3/h1-4H,9H2,(H,10,11);2H. The van der Waals surface area contributed by atoms with E-state index in [0.717, 1.165) is 6.08 Å². The van der Waals surface area contributed by atoms with Crippen molar-refractivity contribution in [3.8, 4) is 0 Å². The van der Waals surface area contributed by atoms with Gasteiger partial charge in [-0.25, -0.2) is 19.8 Å². The molecule has 0 fully saturated rings. The van der Waals surface area contributed by atoms with Gasteiger partial charge in [-0.2, -0.15) is 5.90 Å². The van der Waals surface area contributed by atoms with Crippen LogP contribution in [0, 0.1) is 5.41 Å². The second-order valence-corrected chi connectivity index (χ2v) is 2.36. The van der Waals surface area contributed by atoms with Crippen molar-refractivity contribution in [2.24, 2.45) is 5.90 Å². The summed E-state index contributed by atoms with van der Waals surface area (Å²) in [7, 11) is 0. The van der Waals surface area contributed by atoms with Gasteiger partial charge in [0.05, 0.1) is 11.1 Å². The molecule has 0 saturated carbocycles. The second kappa shape index (κ2) is 6.88. The first-order valence-corrected chi connectivity index (χ1v) is 3.85. The fraction of sp³-hybridized carbons (Fsp3) is 0. The zero-order valence-electron chi connectivity index (χ0n) is 7.97. The van der Waals surface area contributed by atoms with E-state index in [1.165, 1.54) is 24.3 Å². The molecule has 4 N–H and O–H groups in total. The van der Waals surface area contributed by atoms with Crippen molar-refractivity contribution >= 4 is 18.0 Å². The van der Waals surface area contributed by atoms with Crippen molar-refractivity contribution in [3.63, 3.8) is 0 Å². The maximum absolute atomic E-state index is 10.9. The number of rotatable bonds is 2. The number of hydrogen-bond donors (Lipinski definition) is 3. The first-order chi connectivity index (χ1) is 7.58. The predicted octanol–water partition coefficient (Wildman–Crippen LogP) is 0.316. The number of carbonyl (C=O) groups is 2. The van der Waals surface area contributed by atoms with Crippen LogP contribution in [0.25, 0.3) is 0 Å². The molecule has 7 nitrogen and oxygen atoms in total. The monoisotopic (exact) mass is 224 g/mol. The van der Waals surface area contributed by atoms with Crippen LogP contribution in [0.3, 0.4) is 0 Å². The number of nitrogens with one attached hydrogen (secondary N) is 1. The van der Waals surface area contributed by atoms with Gasteiger partial charge in [0.25, 0.3) is 0 Å². The highest BCUT2D eigenvalue weighted by Crippen LogP contribution is 2.09. The molecule has 16 heavy (non-hydrogen) atoms. The first-order valence-electron chi connectivity index (χ1n) is 3.85. The van der Waals surface area contributed by atoms with Gasteiger partial charge in [0.1, 0.15) is 0 Å².